The lowest BCUT2D eigenvalue weighted by molar-refractivity contribution is 0.548. The summed E-state index contributed by atoms with van der Waals surface area (Å²) in [7, 11) is 0. The summed E-state index contributed by atoms with van der Waals surface area (Å²) in [5.74, 6) is 0. The van der Waals surface area contributed by atoms with E-state index in [9.17, 15) is 0 Å². The molecule has 0 aliphatic heterocycles. The van der Waals surface area contributed by atoms with Gasteiger partial charge >= 0.3 is 0 Å². The highest BCUT2D eigenvalue weighted by Gasteiger charge is 2.11. The molecule has 0 saturated heterocycles. The Hall–Kier alpha value is -1.38. The van der Waals surface area contributed by atoms with Crippen molar-refractivity contribution in [3.05, 3.63) is 64.9 Å². The molecule has 0 saturated carbocycles. The number of aromatic nitrogens is 1. The third kappa shape index (κ3) is 3.56. The summed E-state index contributed by atoms with van der Waals surface area (Å²) in [6, 6.07) is 12.4. The Bertz CT molecular complexity index is 485. The molecule has 1 N–H and O–H groups in total. The Morgan fingerprint density at radius 3 is 2.83 bits per heavy atom. The lowest BCUT2D eigenvalue weighted by Gasteiger charge is -2.18. The highest BCUT2D eigenvalue weighted by Crippen LogP contribution is 2.19. The number of hydrogen-bond donors (Lipinski definition) is 1. The summed E-state index contributed by atoms with van der Waals surface area (Å²) in [4.78, 5) is 4.18. The summed E-state index contributed by atoms with van der Waals surface area (Å²) in [6.07, 6.45) is 4.63. The lowest BCUT2D eigenvalue weighted by atomic mass is 10.0. The molecule has 1 atom stereocenters. The van der Waals surface area contributed by atoms with Gasteiger partial charge in [-0.3, -0.25) is 4.98 Å². The van der Waals surface area contributed by atoms with Crippen molar-refractivity contribution in [1.82, 2.24) is 10.3 Å². The van der Waals surface area contributed by atoms with Gasteiger partial charge in [-0.2, -0.15) is 0 Å². The smallest absolute Gasteiger partial charge is 0.0408 e. The average Bonchev–Trinajstić information content (AvgIpc) is 2.39. The van der Waals surface area contributed by atoms with Crippen molar-refractivity contribution in [2.45, 2.75) is 19.4 Å². The molecular weight excluding hydrogens is 244 g/mol. The fraction of sp³-hybridized carbons (Fsp3) is 0.267. The zero-order valence-electron chi connectivity index (χ0n) is 10.4. The quantitative estimate of drug-likeness (QED) is 0.888. The molecule has 2 aromatic rings. The van der Waals surface area contributed by atoms with Gasteiger partial charge in [-0.1, -0.05) is 36.7 Å². The van der Waals surface area contributed by atoms with Gasteiger partial charge in [0.2, 0.25) is 0 Å². The summed E-state index contributed by atoms with van der Waals surface area (Å²) < 4.78 is 0. The third-order valence-corrected chi connectivity index (χ3v) is 3.10. The summed E-state index contributed by atoms with van der Waals surface area (Å²) in [5.41, 5.74) is 2.44. The van der Waals surface area contributed by atoms with Crippen LogP contribution in [0.1, 0.15) is 24.1 Å². The van der Waals surface area contributed by atoms with E-state index in [1.54, 1.807) is 6.20 Å². The normalized spacial score (nSPS) is 12.3. The molecule has 2 nitrogen and oxygen atoms in total. The van der Waals surface area contributed by atoms with E-state index in [-0.39, 0.29) is 6.04 Å². The highest BCUT2D eigenvalue weighted by atomic mass is 35.5. The second-order valence-corrected chi connectivity index (χ2v) is 4.67. The zero-order chi connectivity index (χ0) is 12.8. The fourth-order valence-corrected chi connectivity index (χ4v) is 2.25. The van der Waals surface area contributed by atoms with Gasteiger partial charge in [-0.25, -0.2) is 0 Å². The van der Waals surface area contributed by atoms with Crippen LogP contribution in [-0.2, 0) is 6.42 Å². The Morgan fingerprint density at radius 2 is 2.17 bits per heavy atom. The first-order valence-electron chi connectivity index (χ1n) is 6.17. The zero-order valence-corrected chi connectivity index (χ0v) is 11.2. The van der Waals surface area contributed by atoms with Crippen molar-refractivity contribution in [3.63, 3.8) is 0 Å². The van der Waals surface area contributed by atoms with Crippen LogP contribution >= 0.6 is 11.6 Å². The largest absolute Gasteiger partial charge is 0.310 e. The van der Waals surface area contributed by atoms with Crippen molar-refractivity contribution in [2.75, 3.05) is 6.54 Å². The van der Waals surface area contributed by atoms with Gasteiger partial charge in [0, 0.05) is 23.5 Å². The van der Waals surface area contributed by atoms with Crippen LogP contribution < -0.4 is 5.32 Å². The molecule has 0 bridgehead atoms. The molecule has 1 aromatic carbocycles. The van der Waals surface area contributed by atoms with Crippen LogP contribution in [0.25, 0.3) is 0 Å². The number of likely N-dealkylation sites (N-methyl/N-ethyl adjacent to an activating group) is 1. The lowest BCUT2D eigenvalue weighted by Crippen LogP contribution is -2.23. The van der Waals surface area contributed by atoms with Gasteiger partial charge in [0.15, 0.2) is 0 Å². The number of hydrogen-bond acceptors (Lipinski definition) is 2. The molecule has 0 amide bonds. The Balaban J connectivity index is 2.16. The van der Waals surface area contributed by atoms with E-state index in [0.717, 1.165) is 18.0 Å². The third-order valence-electron chi connectivity index (χ3n) is 2.87. The highest BCUT2D eigenvalue weighted by molar-refractivity contribution is 6.30. The Kier molecular flexibility index (Phi) is 4.73. The number of halogens is 1. The number of nitrogens with zero attached hydrogens (tertiary/aromatic N) is 1. The molecule has 0 fully saturated rings. The minimum Gasteiger partial charge on any atom is -0.310 e. The standard InChI is InChI=1S/C15H17ClN2/c1-2-18-15(13-6-4-8-17-11-13)10-12-5-3-7-14(16)9-12/h3-9,11,15,18H,2,10H2,1H3. The Morgan fingerprint density at radius 1 is 1.28 bits per heavy atom. The van der Waals surface area contributed by atoms with E-state index < -0.39 is 0 Å². The van der Waals surface area contributed by atoms with Crippen molar-refractivity contribution >= 4 is 11.6 Å². The molecule has 1 unspecified atom stereocenters. The van der Waals surface area contributed by atoms with Gasteiger partial charge in [0.05, 0.1) is 0 Å². The van der Waals surface area contributed by atoms with Gasteiger partial charge in [0.1, 0.15) is 0 Å². The maximum Gasteiger partial charge on any atom is 0.0408 e. The van der Waals surface area contributed by atoms with Crippen LogP contribution in [0.4, 0.5) is 0 Å². The first-order chi connectivity index (χ1) is 8.79. The van der Waals surface area contributed by atoms with Gasteiger partial charge in [-0.05, 0) is 42.3 Å². The molecule has 94 valence electrons. The first kappa shape index (κ1) is 13.1. The van der Waals surface area contributed by atoms with E-state index in [2.05, 4.69) is 29.4 Å². The molecule has 1 aromatic heterocycles. The average molecular weight is 261 g/mol. The summed E-state index contributed by atoms with van der Waals surface area (Å²) in [6.45, 7) is 3.04. The molecular formula is C15H17ClN2. The van der Waals surface area contributed by atoms with Gasteiger partial charge in [0.25, 0.3) is 0 Å². The molecule has 0 aliphatic carbocycles. The first-order valence-corrected chi connectivity index (χ1v) is 6.55. The van der Waals surface area contributed by atoms with Crippen molar-refractivity contribution < 1.29 is 0 Å². The van der Waals surface area contributed by atoms with E-state index in [0.29, 0.717) is 0 Å². The monoisotopic (exact) mass is 260 g/mol. The number of rotatable bonds is 5. The maximum absolute atomic E-state index is 6.02. The topological polar surface area (TPSA) is 24.9 Å². The number of nitrogens with one attached hydrogen (secondary N) is 1. The van der Waals surface area contributed by atoms with E-state index >= 15 is 0 Å². The van der Waals surface area contributed by atoms with Crippen molar-refractivity contribution in [2.24, 2.45) is 0 Å². The maximum atomic E-state index is 6.02. The predicted molar refractivity (Wildman–Crippen MR) is 75.8 cm³/mol. The van der Waals surface area contributed by atoms with Gasteiger partial charge < -0.3 is 5.32 Å². The van der Waals surface area contributed by atoms with Crippen LogP contribution in [0.2, 0.25) is 5.02 Å². The number of benzene rings is 1. The molecule has 0 radical (unpaired) electrons. The van der Waals surface area contributed by atoms with Crippen molar-refractivity contribution in [3.8, 4) is 0 Å². The molecule has 3 heteroatoms. The van der Waals surface area contributed by atoms with E-state index in [1.165, 1.54) is 11.1 Å². The number of pyridine rings is 1. The molecule has 0 aliphatic rings. The minimum absolute atomic E-state index is 0.280. The van der Waals surface area contributed by atoms with Crippen LogP contribution in [0.3, 0.4) is 0 Å². The molecule has 18 heavy (non-hydrogen) atoms. The van der Waals surface area contributed by atoms with Crippen molar-refractivity contribution in [1.29, 1.82) is 0 Å². The predicted octanol–water partition coefficient (Wildman–Crippen LogP) is 3.63. The van der Waals surface area contributed by atoms with Gasteiger partial charge in [-0.15, -0.1) is 0 Å². The summed E-state index contributed by atoms with van der Waals surface area (Å²) in [5, 5.41) is 4.27. The second-order valence-electron chi connectivity index (χ2n) is 4.23. The molecule has 0 spiro atoms. The van der Waals surface area contributed by atoms with Crippen LogP contribution in [0, 0.1) is 0 Å². The van der Waals surface area contributed by atoms with E-state index in [4.69, 9.17) is 11.6 Å². The fourth-order valence-electron chi connectivity index (χ4n) is 2.04. The van der Waals surface area contributed by atoms with Crippen LogP contribution in [0.15, 0.2) is 48.8 Å². The molecule has 2 rings (SSSR count). The van der Waals surface area contributed by atoms with Crippen LogP contribution in [0.5, 0.6) is 0 Å². The van der Waals surface area contributed by atoms with Crippen LogP contribution in [-0.4, -0.2) is 11.5 Å². The molecule has 1 heterocycles. The summed E-state index contributed by atoms with van der Waals surface area (Å²) >= 11 is 6.02. The minimum atomic E-state index is 0.280. The Labute approximate surface area is 113 Å². The second kappa shape index (κ2) is 6.53. The SMILES string of the molecule is CCNC(Cc1cccc(Cl)c1)c1cccnc1. The van der Waals surface area contributed by atoms with E-state index in [1.807, 2.05) is 30.5 Å².